The largest absolute Gasteiger partial charge is 0.385 e. The number of nitrogens with zero attached hydrogens (tertiary/aromatic N) is 2. The molecule has 0 aromatic heterocycles. The summed E-state index contributed by atoms with van der Waals surface area (Å²) in [6.45, 7) is 8.34. The molecule has 2 rings (SSSR count). The Morgan fingerprint density at radius 3 is 2.37 bits per heavy atom. The topological polar surface area (TPSA) is 66.9 Å². The van der Waals surface area contributed by atoms with Crippen molar-refractivity contribution in [3.05, 3.63) is 34.9 Å². The van der Waals surface area contributed by atoms with E-state index in [1.54, 1.807) is 25.3 Å². The lowest BCUT2D eigenvalue weighted by Crippen LogP contribution is -2.35. The van der Waals surface area contributed by atoms with Gasteiger partial charge in [0.15, 0.2) is 0 Å². The fraction of sp³-hybridized carbons (Fsp3) is 0.571. The van der Waals surface area contributed by atoms with Crippen LogP contribution in [0.5, 0.6) is 0 Å². The summed E-state index contributed by atoms with van der Waals surface area (Å²) in [4.78, 5) is 41.1. The van der Waals surface area contributed by atoms with Crippen molar-refractivity contribution in [3.8, 4) is 0 Å². The van der Waals surface area contributed by atoms with Crippen LogP contribution in [0.2, 0.25) is 0 Å². The Morgan fingerprint density at radius 1 is 1.11 bits per heavy atom. The van der Waals surface area contributed by atoms with Gasteiger partial charge in [0.05, 0.1) is 11.1 Å². The Kier molecular flexibility index (Phi) is 7.54. The van der Waals surface area contributed by atoms with E-state index in [0.717, 1.165) is 12.8 Å². The van der Waals surface area contributed by atoms with Crippen molar-refractivity contribution in [3.63, 3.8) is 0 Å². The molecule has 1 aromatic rings. The van der Waals surface area contributed by atoms with Gasteiger partial charge in [0.2, 0.25) is 0 Å². The van der Waals surface area contributed by atoms with Gasteiger partial charge in [-0.3, -0.25) is 19.3 Å². The van der Waals surface area contributed by atoms with Gasteiger partial charge in [-0.15, -0.1) is 0 Å². The van der Waals surface area contributed by atoms with Crippen LogP contribution >= 0.6 is 0 Å². The van der Waals surface area contributed by atoms with Gasteiger partial charge in [0, 0.05) is 38.9 Å². The van der Waals surface area contributed by atoms with E-state index in [2.05, 4.69) is 13.8 Å². The maximum Gasteiger partial charge on any atom is 0.261 e. The second kappa shape index (κ2) is 9.65. The van der Waals surface area contributed by atoms with E-state index in [-0.39, 0.29) is 17.7 Å². The molecule has 1 aliphatic heterocycles. The van der Waals surface area contributed by atoms with Crippen LogP contribution < -0.4 is 0 Å². The smallest absolute Gasteiger partial charge is 0.261 e. The zero-order chi connectivity index (χ0) is 20.0. The summed E-state index contributed by atoms with van der Waals surface area (Å²) in [5.74, 6) is -0.258. The van der Waals surface area contributed by atoms with Gasteiger partial charge >= 0.3 is 0 Å². The molecule has 0 bridgehead atoms. The van der Waals surface area contributed by atoms with Crippen molar-refractivity contribution in [2.45, 2.75) is 40.0 Å². The Hall–Kier alpha value is -2.21. The molecule has 1 aliphatic rings. The Balaban J connectivity index is 2.20. The Labute approximate surface area is 161 Å². The number of methoxy groups -OCH3 is 1. The van der Waals surface area contributed by atoms with Gasteiger partial charge in [0.25, 0.3) is 17.7 Å². The van der Waals surface area contributed by atoms with E-state index >= 15 is 0 Å². The van der Waals surface area contributed by atoms with Gasteiger partial charge in [0.1, 0.15) is 0 Å². The molecular formula is C21H30N2O4. The number of ether oxygens (including phenoxy) is 1. The zero-order valence-electron chi connectivity index (χ0n) is 16.8. The van der Waals surface area contributed by atoms with E-state index in [0.29, 0.717) is 55.3 Å². The minimum Gasteiger partial charge on any atom is -0.385 e. The van der Waals surface area contributed by atoms with Gasteiger partial charge in [-0.1, -0.05) is 26.7 Å². The lowest BCUT2D eigenvalue weighted by atomic mass is 10.0. The molecule has 0 unspecified atom stereocenters. The monoisotopic (exact) mass is 374 g/mol. The number of hydrogen-bond acceptors (Lipinski definition) is 4. The average Bonchev–Trinajstić information content (AvgIpc) is 2.93. The zero-order valence-corrected chi connectivity index (χ0v) is 16.8. The number of benzene rings is 1. The van der Waals surface area contributed by atoms with Crippen LogP contribution in [0, 0.1) is 5.92 Å². The summed E-state index contributed by atoms with van der Waals surface area (Å²) >= 11 is 0. The predicted octanol–water partition coefficient (Wildman–Crippen LogP) is 3.22. The Bertz CT molecular complexity index is 697. The van der Waals surface area contributed by atoms with Crippen molar-refractivity contribution < 1.29 is 19.1 Å². The lowest BCUT2D eigenvalue weighted by Gasteiger charge is -2.25. The van der Waals surface area contributed by atoms with Crippen molar-refractivity contribution >= 4 is 17.7 Å². The molecule has 0 fully saturated rings. The molecular weight excluding hydrogens is 344 g/mol. The van der Waals surface area contributed by atoms with Gasteiger partial charge in [-0.2, -0.15) is 0 Å². The molecule has 6 nitrogen and oxygen atoms in total. The summed E-state index contributed by atoms with van der Waals surface area (Å²) < 4.78 is 4.99. The minimum absolute atomic E-state index is 0.0923. The molecule has 0 aliphatic carbocycles. The van der Waals surface area contributed by atoms with Crippen molar-refractivity contribution in [2.75, 3.05) is 33.4 Å². The molecule has 0 atom stereocenters. The molecule has 148 valence electrons. The molecule has 1 aromatic carbocycles. The van der Waals surface area contributed by atoms with Crippen LogP contribution in [0.3, 0.4) is 0 Å². The maximum absolute atomic E-state index is 12.9. The minimum atomic E-state index is -0.330. The van der Waals surface area contributed by atoms with Crippen molar-refractivity contribution in [2.24, 2.45) is 5.92 Å². The van der Waals surface area contributed by atoms with E-state index < -0.39 is 0 Å². The van der Waals surface area contributed by atoms with Crippen LogP contribution in [0.15, 0.2) is 18.2 Å². The van der Waals surface area contributed by atoms with Crippen LogP contribution in [0.1, 0.15) is 71.1 Å². The first kappa shape index (κ1) is 21.1. The number of fused-ring (bicyclic) bond motifs is 1. The highest BCUT2D eigenvalue weighted by Gasteiger charge is 2.35. The summed E-state index contributed by atoms with van der Waals surface area (Å²) in [6, 6.07) is 4.83. The second-order valence-electron chi connectivity index (χ2n) is 6.89. The van der Waals surface area contributed by atoms with Crippen LogP contribution in [-0.4, -0.2) is 60.9 Å². The molecule has 0 radical (unpaired) electrons. The number of carbonyl (C=O) groups excluding carboxylic acids is 3. The molecule has 0 spiro atoms. The normalized spacial score (nSPS) is 13.4. The highest BCUT2D eigenvalue weighted by molar-refractivity contribution is 6.22. The van der Waals surface area contributed by atoms with E-state index in [4.69, 9.17) is 4.74 Å². The summed E-state index contributed by atoms with van der Waals surface area (Å²) in [6.07, 6.45) is 2.63. The average molecular weight is 374 g/mol. The quantitative estimate of drug-likeness (QED) is 0.466. The number of hydrogen-bond donors (Lipinski definition) is 0. The first-order valence-corrected chi connectivity index (χ1v) is 9.76. The van der Waals surface area contributed by atoms with Crippen LogP contribution in [0.4, 0.5) is 0 Å². The third-order valence-corrected chi connectivity index (χ3v) is 5.25. The highest BCUT2D eigenvalue weighted by Crippen LogP contribution is 2.25. The van der Waals surface area contributed by atoms with Gasteiger partial charge in [-0.25, -0.2) is 0 Å². The van der Waals surface area contributed by atoms with Gasteiger partial charge < -0.3 is 9.64 Å². The lowest BCUT2D eigenvalue weighted by molar-refractivity contribution is 0.0638. The number of imide groups is 1. The fourth-order valence-electron chi connectivity index (χ4n) is 3.39. The SMILES string of the molecule is CCC(CC)CN(CC)C(=O)c1ccc2c(c1)C(=O)N(CCCOC)C2=O. The first-order chi connectivity index (χ1) is 13.0. The molecule has 6 heteroatoms. The molecule has 3 amide bonds. The van der Waals surface area contributed by atoms with Crippen molar-refractivity contribution in [1.29, 1.82) is 0 Å². The van der Waals surface area contributed by atoms with Gasteiger partial charge in [-0.05, 0) is 37.5 Å². The second-order valence-corrected chi connectivity index (χ2v) is 6.89. The number of rotatable bonds is 10. The van der Waals surface area contributed by atoms with E-state index in [1.807, 2.05) is 11.8 Å². The molecule has 27 heavy (non-hydrogen) atoms. The van der Waals surface area contributed by atoms with Crippen LogP contribution in [0.25, 0.3) is 0 Å². The third kappa shape index (κ3) is 4.56. The van der Waals surface area contributed by atoms with Crippen molar-refractivity contribution in [1.82, 2.24) is 9.80 Å². The Morgan fingerprint density at radius 2 is 1.78 bits per heavy atom. The number of carbonyl (C=O) groups is 3. The first-order valence-electron chi connectivity index (χ1n) is 9.76. The highest BCUT2D eigenvalue weighted by atomic mass is 16.5. The molecule has 0 saturated carbocycles. The number of amides is 3. The summed E-state index contributed by atoms with van der Waals surface area (Å²) in [5, 5.41) is 0. The maximum atomic E-state index is 12.9. The fourth-order valence-corrected chi connectivity index (χ4v) is 3.39. The molecule has 0 saturated heterocycles. The van der Waals surface area contributed by atoms with E-state index in [9.17, 15) is 14.4 Å². The summed E-state index contributed by atoms with van der Waals surface area (Å²) in [5.41, 5.74) is 1.15. The molecule has 1 heterocycles. The standard InChI is InChI=1S/C21H30N2O4/c1-5-15(6-2)14-22(7-3)19(24)16-9-10-17-18(13-16)21(26)23(20(17)25)11-8-12-27-4/h9-10,13,15H,5-8,11-12,14H2,1-4H3. The predicted molar refractivity (Wildman–Crippen MR) is 104 cm³/mol. The van der Waals surface area contributed by atoms with E-state index in [1.165, 1.54) is 4.90 Å². The summed E-state index contributed by atoms with van der Waals surface area (Å²) in [7, 11) is 1.58. The third-order valence-electron chi connectivity index (χ3n) is 5.25. The molecule has 0 N–H and O–H groups in total. The van der Waals surface area contributed by atoms with Crippen LogP contribution in [-0.2, 0) is 4.74 Å².